The molecule has 0 bridgehead atoms. The second kappa shape index (κ2) is 8.00. The molecule has 0 unspecified atom stereocenters. The van der Waals surface area contributed by atoms with E-state index in [0.29, 0.717) is 16.1 Å². The van der Waals surface area contributed by atoms with Gasteiger partial charge in [0.25, 0.3) is 0 Å². The van der Waals surface area contributed by atoms with Crippen molar-refractivity contribution in [2.45, 2.75) is 19.3 Å². The van der Waals surface area contributed by atoms with Crippen LogP contribution in [-0.4, -0.2) is 36.2 Å². The lowest BCUT2D eigenvalue weighted by Gasteiger charge is -2.06. The highest BCUT2D eigenvalue weighted by Gasteiger charge is 2.29. The van der Waals surface area contributed by atoms with E-state index in [9.17, 15) is 19.5 Å². The van der Waals surface area contributed by atoms with Crippen molar-refractivity contribution in [3.8, 4) is 5.75 Å². The second-order valence-electron chi connectivity index (χ2n) is 5.77. The van der Waals surface area contributed by atoms with Gasteiger partial charge in [-0.3, -0.25) is 9.59 Å². The number of amides is 2. The molecule has 3 N–H and O–H groups in total. The lowest BCUT2D eigenvalue weighted by atomic mass is 10.1. The van der Waals surface area contributed by atoms with Gasteiger partial charge in [-0.15, -0.1) is 11.3 Å². The van der Waals surface area contributed by atoms with Crippen LogP contribution in [0, 0.1) is 0 Å². The van der Waals surface area contributed by atoms with Crippen LogP contribution in [-0.2, 0) is 27.2 Å². The number of fused-ring (bicyclic) bond motifs is 1. The zero-order chi connectivity index (χ0) is 19.4. The van der Waals surface area contributed by atoms with Crippen molar-refractivity contribution in [3.05, 3.63) is 45.8 Å². The van der Waals surface area contributed by atoms with Crippen LogP contribution in [0.15, 0.2) is 29.4 Å². The number of phenolic OH excluding ortho intramolecular Hbond substituents is 1. The zero-order valence-corrected chi connectivity index (χ0v) is 15.3. The minimum Gasteiger partial charge on any atom is -0.507 e. The standard InChI is InChI=1S/C18H17N3O5S/c1-26-18(25)14-11-6-4-8-13(11)27-17(14)20-15(23)16(24)21-19-9-10-5-2-3-7-12(10)22/h2-3,5,7,9,22H,4,6,8H2,1H3,(H,20,23)(H,21,24)/b19-9+. The summed E-state index contributed by atoms with van der Waals surface area (Å²) in [6, 6.07) is 6.41. The summed E-state index contributed by atoms with van der Waals surface area (Å²) in [5, 5.41) is 16.0. The smallest absolute Gasteiger partial charge is 0.341 e. The molecule has 0 aliphatic heterocycles. The van der Waals surface area contributed by atoms with Crippen molar-refractivity contribution in [1.82, 2.24) is 5.43 Å². The molecule has 2 amide bonds. The third-order valence-electron chi connectivity index (χ3n) is 4.05. The summed E-state index contributed by atoms with van der Waals surface area (Å²) in [6.07, 6.45) is 3.74. The topological polar surface area (TPSA) is 117 Å². The number of methoxy groups -OCH3 is 1. The van der Waals surface area contributed by atoms with Gasteiger partial charge in [-0.05, 0) is 37.0 Å². The average molecular weight is 387 g/mol. The predicted octanol–water partition coefficient (Wildman–Crippen LogP) is 1.82. The number of aryl methyl sites for hydroxylation is 1. The molecule has 1 aliphatic rings. The van der Waals surface area contributed by atoms with Crippen molar-refractivity contribution in [2.24, 2.45) is 5.10 Å². The summed E-state index contributed by atoms with van der Waals surface area (Å²) in [6.45, 7) is 0. The van der Waals surface area contributed by atoms with Gasteiger partial charge in [-0.2, -0.15) is 5.10 Å². The summed E-state index contributed by atoms with van der Waals surface area (Å²) < 4.78 is 4.80. The Labute approximate surface area is 158 Å². The highest BCUT2D eigenvalue weighted by molar-refractivity contribution is 7.17. The quantitative estimate of drug-likeness (QED) is 0.320. The number of hydrazone groups is 1. The molecular weight excluding hydrogens is 370 g/mol. The number of benzene rings is 1. The Morgan fingerprint density at radius 1 is 1.22 bits per heavy atom. The molecule has 2 aromatic rings. The van der Waals surface area contributed by atoms with E-state index in [1.54, 1.807) is 18.2 Å². The minimum absolute atomic E-state index is 0.00392. The molecule has 0 saturated carbocycles. The molecule has 0 atom stereocenters. The van der Waals surface area contributed by atoms with Gasteiger partial charge in [-0.25, -0.2) is 10.2 Å². The van der Waals surface area contributed by atoms with Gasteiger partial charge in [0.15, 0.2) is 0 Å². The first-order valence-corrected chi connectivity index (χ1v) is 8.98. The first kappa shape index (κ1) is 18.6. The summed E-state index contributed by atoms with van der Waals surface area (Å²) in [7, 11) is 1.27. The maximum Gasteiger partial charge on any atom is 0.341 e. The van der Waals surface area contributed by atoms with Gasteiger partial charge >= 0.3 is 17.8 Å². The van der Waals surface area contributed by atoms with Gasteiger partial charge in [0.05, 0.1) is 18.9 Å². The second-order valence-corrected chi connectivity index (χ2v) is 6.87. The van der Waals surface area contributed by atoms with Crippen LogP contribution in [0.4, 0.5) is 5.00 Å². The fourth-order valence-electron chi connectivity index (χ4n) is 2.78. The lowest BCUT2D eigenvalue weighted by Crippen LogP contribution is -2.32. The fraction of sp³-hybridized carbons (Fsp3) is 0.222. The van der Waals surface area contributed by atoms with E-state index in [0.717, 1.165) is 29.7 Å². The third-order valence-corrected chi connectivity index (χ3v) is 5.26. The number of thiophene rings is 1. The normalized spacial score (nSPS) is 12.6. The SMILES string of the molecule is COC(=O)c1c(NC(=O)C(=O)N/N=C/c2ccccc2O)sc2c1CCC2. The summed E-state index contributed by atoms with van der Waals surface area (Å²) in [5.74, 6) is -2.49. The highest BCUT2D eigenvalue weighted by Crippen LogP contribution is 2.39. The van der Waals surface area contributed by atoms with E-state index in [2.05, 4.69) is 15.8 Å². The summed E-state index contributed by atoms with van der Waals surface area (Å²) in [4.78, 5) is 37.1. The molecule has 0 spiro atoms. The summed E-state index contributed by atoms with van der Waals surface area (Å²) in [5.41, 5.74) is 3.66. The first-order valence-electron chi connectivity index (χ1n) is 8.16. The third kappa shape index (κ3) is 3.98. The number of para-hydroxylation sites is 1. The van der Waals surface area contributed by atoms with Gasteiger partial charge in [0.1, 0.15) is 10.8 Å². The van der Waals surface area contributed by atoms with Crippen molar-refractivity contribution in [3.63, 3.8) is 0 Å². The van der Waals surface area contributed by atoms with Crippen molar-refractivity contribution < 1.29 is 24.2 Å². The van der Waals surface area contributed by atoms with E-state index in [-0.39, 0.29) is 5.75 Å². The van der Waals surface area contributed by atoms with Crippen molar-refractivity contribution >= 4 is 40.3 Å². The monoisotopic (exact) mass is 387 g/mol. The van der Waals surface area contributed by atoms with Gasteiger partial charge in [-0.1, -0.05) is 12.1 Å². The van der Waals surface area contributed by atoms with E-state index < -0.39 is 17.8 Å². The summed E-state index contributed by atoms with van der Waals surface area (Å²) >= 11 is 1.28. The number of hydrogen-bond donors (Lipinski definition) is 3. The van der Waals surface area contributed by atoms with Crippen LogP contribution in [0.1, 0.15) is 32.8 Å². The molecule has 3 rings (SSSR count). The Balaban J connectivity index is 1.68. The average Bonchev–Trinajstić information content (AvgIpc) is 3.23. The number of rotatable bonds is 4. The number of esters is 1. The molecule has 0 saturated heterocycles. The van der Waals surface area contributed by atoms with Crippen LogP contribution in [0.3, 0.4) is 0 Å². The Morgan fingerprint density at radius 2 is 2.00 bits per heavy atom. The van der Waals surface area contributed by atoms with Gasteiger partial charge < -0.3 is 15.2 Å². The van der Waals surface area contributed by atoms with Gasteiger partial charge in [0.2, 0.25) is 0 Å². The highest BCUT2D eigenvalue weighted by atomic mass is 32.1. The fourth-order valence-corrected chi connectivity index (χ4v) is 4.05. The number of phenols is 1. The maximum absolute atomic E-state index is 12.1. The maximum atomic E-state index is 12.1. The molecule has 1 aromatic carbocycles. The molecule has 140 valence electrons. The predicted molar refractivity (Wildman–Crippen MR) is 100 cm³/mol. The number of anilines is 1. The van der Waals surface area contributed by atoms with Crippen LogP contribution in [0.2, 0.25) is 0 Å². The molecule has 27 heavy (non-hydrogen) atoms. The number of ether oxygens (including phenoxy) is 1. The van der Waals surface area contributed by atoms with E-state index in [4.69, 9.17) is 4.74 Å². The van der Waals surface area contributed by atoms with E-state index >= 15 is 0 Å². The first-order chi connectivity index (χ1) is 13.0. The molecular formula is C18H17N3O5S. The Bertz CT molecular complexity index is 935. The molecule has 9 heteroatoms. The Kier molecular flexibility index (Phi) is 5.51. The number of hydrogen-bond acceptors (Lipinski definition) is 7. The van der Waals surface area contributed by atoms with Gasteiger partial charge in [0, 0.05) is 10.4 Å². The van der Waals surface area contributed by atoms with E-state index in [1.807, 2.05) is 0 Å². The molecule has 1 aliphatic carbocycles. The molecule has 8 nitrogen and oxygen atoms in total. The van der Waals surface area contributed by atoms with Crippen LogP contribution in [0.25, 0.3) is 0 Å². The Morgan fingerprint density at radius 3 is 2.74 bits per heavy atom. The van der Waals surface area contributed by atoms with E-state index in [1.165, 1.54) is 30.7 Å². The molecule has 0 fully saturated rings. The van der Waals surface area contributed by atoms with Crippen LogP contribution < -0.4 is 10.7 Å². The Hall–Kier alpha value is -3.20. The lowest BCUT2D eigenvalue weighted by molar-refractivity contribution is -0.136. The van der Waals surface area contributed by atoms with Crippen molar-refractivity contribution in [2.75, 3.05) is 12.4 Å². The number of carbonyl (C=O) groups excluding carboxylic acids is 3. The van der Waals surface area contributed by atoms with Crippen LogP contribution >= 0.6 is 11.3 Å². The number of nitrogens with zero attached hydrogens (tertiary/aromatic N) is 1. The number of carbonyl (C=O) groups is 3. The van der Waals surface area contributed by atoms with Crippen LogP contribution in [0.5, 0.6) is 5.75 Å². The molecule has 0 radical (unpaired) electrons. The zero-order valence-electron chi connectivity index (χ0n) is 14.4. The molecule has 1 aromatic heterocycles. The minimum atomic E-state index is -0.994. The number of aromatic hydroxyl groups is 1. The van der Waals surface area contributed by atoms with Crippen molar-refractivity contribution in [1.29, 1.82) is 0 Å². The largest absolute Gasteiger partial charge is 0.507 e. The number of nitrogens with one attached hydrogen (secondary N) is 2. The molecule has 1 heterocycles.